The molecule has 0 bridgehead atoms. The molecule has 0 aliphatic rings. The zero-order valence-electron chi connectivity index (χ0n) is 22.9. The highest BCUT2D eigenvalue weighted by atomic mass is 16.1. The Balaban J connectivity index is 1.54. The molecule has 3 heterocycles. The number of carbonyl (C=O) groups is 1. The summed E-state index contributed by atoms with van der Waals surface area (Å²) in [5.41, 5.74) is 5.33. The molecule has 0 saturated carbocycles. The number of H-pyrrole nitrogens is 1. The van der Waals surface area contributed by atoms with Crippen molar-refractivity contribution in [1.82, 2.24) is 30.1 Å². The monoisotopic (exact) mass is 542 g/mol. The van der Waals surface area contributed by atoms with E-state index in [1.807, 2.05) is 54.7 Å². The predicted molar refractivity (Wildman–Crippen MR) is 162 cm³/mol. The third-order valence-electron chi connectivity index (χ3n) is 6.50. The fraction of sp³-hybridized carbons (Fsp3) is 0.125. The average Bonchev–Trinajstić information content (AvgIpc) is 3.11. The van der Waals surface area contributed by atoms with Crippen LogP contribution >= 0.6 is 0 Å². The molecule has 0 saturated heterocycles. The lowest BCUT2D eigenvalue weighted by Crippen LogP contribution is -2.07. The fourth-order valence-corrected chi connectivity index (χ4v) is 4.46. The third kappa shape index (κ3) is 6.42. The van der Waals surface area contributed by atoms with Gasteiger partial charge in [0, 0.05) is 59.1 Å². The van der Waals surface area contributed by atoms with Crippen LogP contribution < -0.4 is 10.6 Å². The lowest BCUT2D eigenvalue weighted by Gasteiger charge is -2.15. The van der Waals surface area contributed by atoms with Crippen LogP contribution in [0.3, 0.4) is 0 Å². The molecule has 9 nitrogen and oxygen atoms in total. The Morgan fingerprint density at radius 3 is 2.73 bits per heavy atom. The minimum Gasteiger partial charge on any atom is -0.366 e. The SMILES string of the molecule is C=CC(=O)Nc1ccc2c(-c3ccccc3CNc3nc(-c4cccnc4)ncn[nH]cc3C(C)C)nccc2c1. The number of hydrogen-bond donors (Lipinski definition) is 3. The summed E-state index contributed by atoms with van der Waals surface area (Å²) in [5, 5.41) is 15.4. The van der Waals surface area contributed by atoms with Crippen molar-refractivity contribution in [1.29, 1.82) is 0 Å². The Bertz CT molecular complexity index is 1750. The van der Waals surface area contributed by atoms with Crippen LogP contribution in [0.4, 0.5) is 11.5 Å². The summed E-state index contributed by atoms with van der Waals surface area (Å²) in [6.45, 7) is 8.22. The van der Waals surface area contributed by atoms with E-state index in [9.17, 15) is 4.79 Å². The van der Waals surface area contributed by atoms with Gasteiger partial charge in [-0.25, -0.2) is 9.97 Å². The van der Waals surface area contributed by atoms with Crippen LogP contribution in [0, 0.1) is 0 Å². The van der Waals surface area contributed by atoms with Gasteiger partial charge in [-0.1, -0.05) is 50.8 Å². The first-order chi connectivity index (χ1) is 20.0. The molecule has 0 unspecified atom stereocenters. The van der Waals surface area contributed by atoms with Gasteiger partial charge in [-0.2, -0.15) is 5.10 Å². The molecule has 9 heteroatoms. The molecule has 2 aromatic carbocycles. The quantitative estimate of drug-likeness (QED) is 0.192. The van der Waals surface area contributed by atoms with E-state index in [0.717, 1.165) is 38.7 Å². The Hall–Kier alpha value is -5.44. The van der Waals surface area contributed by atoms with Gasteiger partial charge in [0.2, 0.25) is 5.91 Å². The molecule has 5 aromatic rings. The highest BCUT2D eigenvalue weighted by Gasteiger charge is 2.13. The van der Waals surface area contributed by atoms with Crippen molar-refractivity contribution in [3.05, 3.63) is 116 Å². The van der Waals surface area contributed by atoms with Crippen LogP contribution in [-0.4, -0.2) is 36.0 Å². The predicted octanol–water partition coefficient (Wildman–Crippen LogP) is 6.46. The molecule has 41 heavy (non-hydrogen) atoms. The molecule has 0 aliphatic carbocycles. The summed E-state index contributed by atoms with van der Waals surface area (Å²) >= 11 is 0. The van der Waals surface area contributed by atoms with Gasteiger partial charge in [-0.05, 0) is 53.3 Å². The van der Waals surface area contributed by atoms with Crippen LogP contribution in [-0.2, 0) is 11.3 Å². The van der Waals surface area contributed by atoms with Gasteiger partial charge in [0.25, 0.3) is 0 Å². The van der Waals surface area contributed by atoms with Gasteiger partial charge in [-0.15, -0.1) is 0 Å². The van der Waals surface area contributed by atoms with Gasteiger partial charge >= 0.3 is 0 Å². The Morgan fingerprint density at radius 1 is 1.05 bits per heavy atom. The standard InChI is InChI=1S/C32H30N8O/c1-4-29(41)39-25-11-12-27-22(16-25)13-15-34-30(27)26-10-6-5-8-23(26)18-35-32-28(21(2)3)19-37-38-20-36-31(40-32)24-9-7-14-33-17-24/h4-17,19-21,37H,1,18H2,2-3H3,(H,39,41)(H,35,36,38,40). The van der Waals surface area contributed by atoms with Gasteiger partial charge in [-0.3, -0.25) is 19.9 Å². The molecule has 3 aromatic heterocycles. The number of pyridine rings is 2. The van der Waals surface area contributed by atoms with E-state index in [1.54, 1.807) is 18.6 Å². The van der Waals surface area contributed by atoms with E-state index in [4.69, 9.17) is 9.97 Å². The summed E-state index contributed by atoms with van der Waals surface area (Å²) in [5.74, 6) is 1.09. The maximum Gasteiger partial charge on any atom is 0.247 e. The van der Waals surface area contributed by atoms with Gasteiger partial charge in [0.1, 0.15) is 12.1 Å². The topological polar surface area (TPSA) is 121 Å². The van der Waals surface area contributed by atoms with Crippen molar-refractivity contribution in [3.63, 3.8) is 0 Å². The Kier molecular flexibility index (Phi) is 8.35. The molecular formula is C32H30N8O. The lowest BCUT2D eigenvalue weighted by atomic mass is 9.99. The van der Waals surface area contributed by atoms with E-state index in [2.05, 4.69) is 63.4 Å². The van der Waals surface area contributed by atoms with Crippen molar-refractivity contribution in [2.75, 3.05) is 10.6 Å². The number of fused-ring (bicyclic) bond motifs is 1. The van der Waals surface area contributed by atoms with Gasteiger partial charge in [0.15, 0.2) is 5.82 Å². The van der Waals surface area contributed by atoms with Gasteiger partial charge < -0.3 is 10.6 Å². The number of rotatable bonds is 8. The summed E-state index contributed by atoms with van der Waals surface area (Å²) in [4.78, 5) is 30.2. The molecule has 0 radical (unpaired) electrons. The van der Waals surface area contributed by atoms with Crippen LogP contribution in [0.2, 0.25) is 0 Å². The number of hydrogen-bond acceptors (Lipinski definition) is 7. The van der Waals surface area contributed by atoms with E-state index < -0.39 is 0 Å². The number of nitrogens with zero attached hydrogens (tertiary/aromatic N) is 5. The maximum atomic E-state index is 11.8. The zero-order chi connectivity index (χ0) is 28.6. The first-order valence-electron chi connectivity index (χ1n) is 13.2. The van der Waals surface area contributed by atoms with Crippen molar-refractivity contribution in [3.8, 4) is 22.6 Å². The summed E-state index contributed by atoms with van der Waals surface area (Å²) in [6.07, 6.45) is 9.77. The molecule has 0 aliphatic heterocycles. The zero-order valence-corrected chi connectivity index (χ0v) is 22.9. The van der Waals surface area contributed by atoms with Crippen LogP contribution in [0.5, 0.6) is 0 Å². The number of aromatic amines is 1. The van der Waals surface area contributed by atoms with Crippen LogP contribution in [0.25, 0.3) is 33.4 Å². The number of aromatic nitrogens is 6. The molecule has 0 atom stereocenters. The molecule has 0 spiro atoms. The second-order valence-corrected chi connectivity index (χ2v) is 9.58. The van der Waals surface area contributed by atoms with Gasteiger partial charge in [0.05, 0.1) is 5.69 Å². The minimum absolute atomic E-state index is 0.156. The second kappa shape index (κ2) is 12.6. The highest BCUT2D eigenvalue weighted by Crippen LogP contribution is 2.31. The van der Waals surface area contributed by atoms with Crippen molar-refractivity contribution < 1.29 is 4.79 Å². The Labute approximate surface area is 238 Å². The number of benzene rings is 2. The molecule has 204 valence electrons. The van der Waals surface area contributed by atoms with Crippen molar-refractivity contribution >= 4 is 28.2 Å². The second-order valence-electron chi connectivity index (χ2n) is 9.58. The summed E-state index contributed by atoms with van der Waals surface area (Å²) < 4.78 is 0. The number of carbonyl (C=O) groups excluding carboxylic acids is 1. The average molecular weight is 543 g/mol. The summed E-state index contributed by atoms with van der Waals surface area (Å²) in [6, 6.07) is 19.6. The molecule has 5 rings (SSSR count). The molecule has 0 fully saturated rings. The van der Waals surface area contributed by atoms with E-state index in [-0.39, 0.29) is 11.8 Å². The molecular weight excluding hydrogens is 512 g/mol. The largest absolute Gasteiger partial charge is 0.366 e. The van der Waals surface area contributed by atoms with Crippen molar-refractivity contribution in [2.24, 2.45) is 0 Å². The van der Waals surface area contributed by atoms with Crippen molar-refractivity contribution in [2.45, 2.75) is 26.3 Å². The number of nitrogens with one attached hydrogen (secondary N) is 3. The van der Waals surface area contributed by atoms with E-state index in [1.165, 1.54) is 12.4 Å². The smallest absolute Gasteiger partial charge is 0.247 e. The van der Waals surface area contributed by atoms with Crippen LogP contribution in [0.1, 0.15) is 30.9 Å². The molecule has 1 amide bonds. The minimum atomic E-state index is -0.254. The maximum absolute atomic E-state index is 11.8. The molecule has 3 N–H and O–H groups in total. The number of anilines is 2. The first-order valence-corrected chi connectivity index (χ1v) is 13.2. The highest BCUT2D eigenvalue weighted by molar-refractivity contribution is 6.02. The number of amides is 1. The first kappa shape index (κ1) is 27.1. The Morgan fingerprint density at radius 2 is 1.93 bits per heavy atom. The summed E-state index contributed by atoms with van der Waals surface area (Å²) in [7, 11) is 0. The normalized spacial score (nSPS) is 10.7. The fourth-order valence-electron chi connectivity index (χ4n) is 4.46. The van der Waals surface area contributed by atoms with E-state index >= 15 is 0 Å². The van der Waals surface area contributed by atoms with Crippen LogP contribution in [0.15, 0.2) is 104 Å². The third-order valence-corrected chi connectivity index (χ3v) is 6.50. The van der Waals surface area contributed by atoms with E-state index in [0.29, 0.717) is 23.9 Å². The lowest BCUT2D eigenvalue weighted by molar-refractivity contribution is -0.111.